The lowest BCUT2D eigenvalue weighted by atomic mass is 9.80. The molecule has 0 radical (unpaired) electrons. The lowest BCUT2D eigenvalue weighted by Gasteiger charge is -2.23. The van der Waals surface area contributed by atoms with E-state index in [4.69, 9.17) is 15.0 Å². The van der Waals surface area contributed by atoms with Crippen LogP contribution in [0.15, 0.2) is 491 Å². The Morgan fingerprint density at radius 3 is 0.750 bits per heavy atom. The lowest BCUT2D eigenvalue weighted by molar-refractivity contribution is 0.661. The number of rotatable bonds is 12. The second-order valence-corrected chi connectivity index (χ2v) is 37.3. The van der Waals surface area contributed by atoms with E-state index in [0.29, 0.717) is 0 Å². The van der Waals surface area contributed by atoms with E-state index in [1.807, 2.05) is 0 Å². The van der Waals surface area contributed by atoms with Crippen molar-refractivity contribution in [2.24, 2.45) is 0 Å². The highest BCUT2D eigenvalue weighted by Crippen LogP contribution is 2.54. The van der Waals surface area contributed by atoms with Crippen LogP contribution >= 0.6 is 0 Å². The van der Waals surface area contributed by atoms with Crippen molar-refractivity contribution in [1.82, 2.24) is 15.0 Å². The number of hydrogen-bond donors (Lipinski definition) is 0. The number of para-hydroxylation sites is 3. The van der Waals surface area contributed by atoms with Crippen molar-refractivity contribution in [3.8, 4) is 156 Å². The van der Waals surface area contributed by atoms with Crippen LogP contribution < -0.4 is 0 Å². The van der Waals surface area contributed by atoms with E-state index in [1.165, 1.54) is 193 Å². The molecule has 0 N–H and O–H groups in total. The zero-order valence-corrected chi connectivity index (χ0v) is 76.1. The van der Waals surface area contributed by atoms with E-state index in [2.05, 4.69) is 519 Å². The van der Waals surface area contributed by atoms with Crippen LogP contribution in [0, 0.1) is 0 Å². The standard InChI is InChI=1S/C47H35N.C45H31N.C41H27N/c1-46(2)40-25-32(17-19-34(40)38-21-28-11-5-7-13-30(28)23-42(38)46)37-27-45(48-44-16-10-9-15-36(37)44)33-18-20-35-39-22-29-12-6-8-14-31(29)24-43(39)47(3,4)41(35)26-33;1-3-11-32(12-4-1)38-15-9-17-40(29-38)34-21-25-36(26-22-34)43-31-45(46-44-20-8-7-19-42(43)44)37-27-23-35(24-28-37)41-18-10-16-39(30-41)33-13-5-2-6-14-33;1-3-9-34-25-36(23-17-28(34)7-1)30-13-19-32(20-14-30)39-27-41(42-40-12-6-5-11-38(39)40)33-21-15-31(16-22-33)37-24-18-29-8-2-4-10-35(29)26-37/h5-27H,1-4H3;1-31H;1-27H. The molecule has 0 unspecified atom stereocenters. The molecule has 0 bridgehead atoms. The molecule has 0 fully saturated rings. The van der Waals surface area contributed by atoms with Crippen LogP contribution in [0.1, 0.15) is 49.9 Å². The molecule has 0 aliphatic heterocycles. The molecule has 3 heterocycles. The Hall–Kier alpha value is -17.1. The number of nitrogens with zero attached hydrogens (tertiary/aromatic N) is 3. The zero-order chi connectivity index (χ0) is 91.0. The van der Waals surface area contributed by atoms with Crippen LogP contribution in [0.5, 0.6) is 0 Å². The summed E-state index contributed by atoms with van der Waals surface area (Å²) in [6.45, 7) is 9.48. The van der Waals surface area contributed by atoms with Gasteiger partial charge in [0.1, 0.15) is 0 Å². The fourth-order valence-electron chi connectivity index (χ4n) is 21.0. The van der Waals surface area contributed by atoms with Gasteiger partial charge in [0, 0.05) is 43.7 Å². The van der Waals surface area contributed by atoms with Gasteiger partial charge in [-0.2, -0.15) is 0 Å². The van der Waals surface area contributed by atoms with Gasteiger partial charge in [-0.1, -0.05) is 422 Å². The molecule has 3 nitrogen and oxygen atoms in total. The highest BCUT2D eigenvalue weighted by Gasteiger charge is 2.38. The molecule has 0 spiro atoms. The maximum absolute atomic E-state index is 5.26. The first-order chi connectivity index (χ1) is 66.8. The smallest absolute Gasteiger partial charge is 0.0716 e. The van der Waals surface area contributed by atoms with Crippen LogP contribution in [0.4, 0.5) is 0 Å². The molecule has 0 saturated heterocycles. The Morgan fingerprint density at radius 1 is 0.132 bits per heavy atom. The first-order valence-corrected chi connectivity index (χ1v) is 47.1. The topological polar surface area (TPSA) is 38.7 Å². The number of pyridine rings is 3. The highest BCUT2D eigenvalue weighted by molar-refractivity contribution is 6.04. The van der Waals surface area contributed by atoms with E-state index in [1.54, 1.807) is 0 Å². The Morgan fingerprint density at radius 2 is 0.375 bits per heavy atom. The van der Waals surface area contributed by atoms with Gasteiger partial charge in [0.05, 0.1) is 33.6 Å². The van der Waals surface area contributed by atoms with E-state index < -0.39 is 0 Å². The highest BCUT2D eigenvalue weighted by atomic mass is 14.7. The van der Waals surface area contributed by atoms with Crippen LogP contribution in [-0.2, 0) is 10.8 Å². The number of hydrogen-bond acceptors (Lipinski definition) is 3. The number of aromatic nitrogens is 3. The maximum atomic E-state index is 5.26. The van der Waals surface area contributed by atoms with Crippen LogP contribution in [-0.4, -0.2) is 15.0 Å². The summed E-state index contributed by atoms with van der Waals surface area (Å²) in [6, 6.07) is 178. The van der Waals surface area contributed by atoms with Crippen molar-refractivity contribution in [3.63, 3.8) is 0 Å². The first-order valence-electron chi connectivity index (χ1n) is 47.1. The number of benzene rings is 21. The first kappa shape index (κ1) is 82.1. The van der Waals surface area contributed by atoms with Gasteiger partial charge in [0.15, 0.2) is 0 Å². The molecule has 3 aromatic heterocycles. The third kappa shape index (κ3) is 15.3. The predicted octanol–water partition coefficient (Wildman–Crippen LogP) is 35.9. The van der Waals surface area contributed by atoms with Gasteiger partial charge in [-0.3, -0.25) is 0 Å². The van der Waals surface area contributed by atoms with E-state index in [9.17, 15) is 0 Å². The van der Waals surface area contributed by atoms with Crippen molar-refractivity contribution in [2.45, 2.75) is 38.5 Å². The average molecular weight is 1730 g/mol. The molecule has 0 saturated carbocycles. The average Bonchev–Trinajstić information content (AvgIpc) is 1.56. The molecule has 2 aliphatic carbocycles. The van der Waals surface area contributed by atoms with Gasteiger partial charge in [0.2, 0.25) is 0 Å². The lowest BCUT2D eigenvalue weighted by Crippen LogP contribution is -2.15. The summed E-state index contributed by atoms with van der Waals surface area (Å²) in [6.07, 6.45) is 0. The monoisotopic (exact) mass is 1730 g/mol. The molecule has 136 heavy (non-hydrogen) atoms. The van der Waals surface area contributed by atoms with Gasteiger partial charge in [-0.15, -0.1) is 0 Å². The molecule has 21 aromatic carbocycles. The predicted molar refractivity (Wildman–Crippen MR) is 576 cm³/mol. The van der Waals surface area contributed by atoms with Crippen molar-refractivity contribution < 1.29 is 0 Å². The molecule has 640 valence electrons. The van der Waals surface area contributed by atoms with E-state index in [-0.39, 0.29) is 10.8 Å². The van der Waals surface area contributed by atoms with Crippen LogP contribution in [0.3, 0.4) is 0 Å². The molecule has 0 amide bonds. The summed E-state index contributed by atoms with van der Waals surface area (Å²) < 4.78 is 0. The van der Waals surface area contributed by atoms with Crippen molar-refractivity contribution >= 4 is 75.8 Å². The van der Waals surface area contributed by atoms with Crippen LogP contribution in [0.25, 0.3) is 232 Å². The Kier molecular flexibility index (Phi) is 20.7. The summed E-state index contributed by atoms with van der Waals surface area (Å²) >= 11 is 0. The quantitative estimate of drug-likeness (QED) is 0.122. The fraction of sp³-hybridized carbons (Fsp3) is 0.0451. The molecule has 3 heteroatoms. The van der Waals surface area contributed by atoms with E-state index >= 15 is 0 Å². The number of fused-ring (bicyclic) bond motifs is 13. The SMILES string of the molecule is CC1(C)c2cc(-c3cc(-c4ccc5c(c4)C(C)(C)c4cc6ccccc6cc4-5)c4ccccc4n3)ccc2-c2cc3ccccc3cc21.c1ccc(-c2cccc(-c3ccc(-c4cc(-c5ccc(-c6cccc(-c7ccccc7)c6)cc5)c5ccccc5n4)cc3)c2)cc1.c1ccc2cc(-c3ccc(-c4cc(-c5ccc(-c6ccc7ccccc7c6)cc5)c5ccccc5n4)cc3)ccc2c1. The van der Waals surface area contributed by atoms with Gasteiger partial charge in [-0.05, 0) is 285 Å². The molecule has 24 aromatic rings. The second-order valence-electron chi connectivity index (χ2n) is 37.3. The largest absolute Gasteiger partial charge is 0.248 e. The zero-order valence-electron chi connectivity index (χ0n) is 76.1. The van der Waals surface area contributed by atoms with Gasteiger partial charge < -0.3 is 0 Å². The summed E-state index contributed by atoms with van der Waals surface area (Å²) in [5.41, 5.74) is 41.9. The minimum absolute atomic E-state index is 0.0955. The Bertz CT molecular complexity index is 8790. The molecular formula is C133H93N3. The Balaban J connectivity index is 0.000000112. The van der Waals surface area contributed by atoms with Crippen molar-refractivity contribution in [3.05, 3.63) is 514 Å². The minimum Gasteiger partial charge on any atom is -0.248 e. The second kappa shape index (κ2) is 34.2. The summed E-state index contributed by atoms with van der Waals surface area (Å²) in [5.74, 6) is 0. The van der Waals surface area contributed by atoms with Gasteiger partial charge in [0.25, 0.3) is 0 Å². The third-order valence-corrected chi connectivity index (χ3v) is 28.4. The summed E-state index contributed by atoms with van der Waals surface area (Å²) in [4.78, 5) is 15.4. The van der Waals surface area contributed by atoms with E-state index in [0.717, 1.165) is 61.1 Å². The fourth-order valence-corrected chi connectivity index (χ4v) is 21.0. The van der Waals surface area contributed by atoms with Crippen LogP contribution in [0.2, 0.25) is 0 Å². The molecule has 0 atom stereocenters. The third-order valence-electron chi connectivity index (χ3n) is 28.4. The minimum atomic E-state index is -0.101. The van der Waals surface area contributed by atoms with Crippen molar-refractivity contribution in [1.29, 1.82) is 0 Å². The molecular weight excluding hydrogens is 1640 g/mol. The van der Waals surface area contributed by atoms with Crippen molar-refractivity contribution in [2.75, 3.05) is 0 Å². The van der Waals surface area contributed by atoms with Gasteiger partial charge in [-0.25, -0.2) is 15.0 Å². The summed E-state index contributed by atoms with van der Waals surface area (Å²) in [5, 5.41) is 13.7. The molecule has 2 aliphatic rings. The Labute approximate surface area is 793 Å². The van der Waals surface area contributed by atoms with Gasteiger partial charge >= 0.3 is 0 Å². The normalized spacial score (nSPS) is 12.5. The summed E-state index contributed by atoms with van der Waals surface area (Å²) in [7, 11) is 0. The molecule has 26 rings (SSSR count). The maximum Gasteiger partial charge on any atom is 0.0716 e.